The quantitative estimate of drug-likeness (QED) is 0.359. The lowest BCUT2D eigenvalue weighted by Gasteiger charge is -2.09. The number of methoxy groups -OCH3 is 2. The third kappa shape index (κ3) is 3.81. The van der Waals surface area contributed by atoms with Crippen molar-refractivity contribution in [2.75, 3.05) is 14.2 Å². The molecular weight excluding hydrogens is 376 g/mol. The number of hydrogen-bond acceptors (Lipinski definition) is 6. The highest BCUT2D eigenvalue weighted by Gasteiger charge is 2.12. The van der Waals surface area contributed by atoms with Crippen LogP contribution in [-0.2, 0) is 6.42 Å². The lowest BCUT2D eigenvalue weighted by Crippen LogP contribution is -1.97. The number of allylic oxidation sites excluding steroid dienone is 1. The third-order valence-electron chi connectivity index (χ3n) is 4.12. The van der Waals surface area contributed by atoms with Crippen LogP contribution in [0.5, 0.6) is 17.2 Å². The van der Waals surface area contributed by atoms with E-state index in [1.807, 2.05) is 18.2 Å². The van der Waals surface area contributed by atoms with Crippen LogP contribution in [0, 0.1) is 4.77 Å². The van der Waals surface area contributed by atoms with Gasteiger partial charge in [-0.25, -0.2) is 5.10 Å². The normalized spacial score (nSPS) is 10.9. The maximum atomic E-state index is 10.4. The molecule has 3 rings (SSSR count). The van der Waals surface area contributed by atoms with E-state index in [9.17, 15) is 5.11 Å². The molecule has 1 heterocycles. The molecule has 8 heteroatoms. The van der Waals surface area contributed by atoms with E-state index in [0.717, 1.165) is 11.1 Å². The van der Waals surface area contributed by atoms with Crippen molar-refractivity contribution in [3.63, 3.8) is 0 Å². The van der Waals surface area contributed by atoms with Crippen LogP contribution < -0.4 is 9.47 Å². The average molecular weight is 396 g/mol. The third-order valence-corrected chi connectivity index (χ3v) is 4.38. The standard InChI is InChI=1S/C20H20N4O3S/c1-4-6-13-7-5-8-15(18(13)25)12-21-24-19(22-23-20(24)28)14-9-10-16(26-2)17(11-14)27-3/h4-5,7-12,25H,1,6H2,2-3H3,(H,23,28)/b21-12+. The molecule has 0 radical (unpaired) electrons. The number of phenols is 1. The van der Waals surface area contributed by atoms with Gasteiger partial charge < -0.3 is 14.6 Å². The van der Waals surface area contributed by atoms with Crippen molar-refractivity contribution in [3.05, 3.63) is 65.0 Å². The second-order valence-corrected chi connectivity index (χ2v) is 6.21. The number of hydrogen-bond donors (Lipinski definition) is 2. The zero-order valence-electron chi connectivity index (χ0n) is 15.5. The molecule has 0 aliphatic carbocycles. The van der Waals surface area contributed by atoms with Crippen LogP contribution in [0.4, 0.5) is 0 Å². The van der Waals surface area contributed by atoms with Gasteiger partial charge in [-0.15, -0.1) is 6.58 Å². The van der Waals surface area contributed by atoms with Crippen LogP contribution in [0.2, 0.25) is 0 Å². The van der Waals surface area contributed by atoms with Gasteiger partial charge in [0, 0.05) is 11.1 Å². The van der Waals surface area contributed by atoms with Crippen molar-refractivity contribution in [2.45, 2.75) is 6.42 Å². The molecular formula is C20H20N4O3S. The molecule has 0 aliphatic heterocycles. The Morgan fingerprint density at radius 1 is 1.25 bits per heavy atom. The van der Waals surface area contributed by atoms with Crippen molar-refractivity contribution in [3.8, 4) is 28.6 Å². The van der Waals surface area contributed by atoms with E-state index in [2.05, 4.69) is 21.9 Å². The van der Waals surface area contributed by atoms with Crippen molar-refractivity contribution < 1.29 is 14.6 Å². The molecule has 0 fully saturated rings. The van der Waals surface area contributed by atoms with Gasteiger partial charge in [0.05, 0.1) is 20.4 Å². The van der Waals surface area contributed by atoms with Crippen LogP contribution >= 0.6 is 12.2 Å². The molecule has 0 aliphatic rings. The monoisotopic (exact) mass is 396 g/mol. The van der Waals surface area contributed by atoms with Gasteiger partial charge in [-0.05, 0) is 48.5 Å². The number of aromatic nitrogens is 3. The first kappa shape index (κ1) is 19.4. The summed E-state index contributed by atoms with van der Waals surface area (Å²) in [7, 11) is 3.14. The van der Waals surface area contributed by atoms with Crippen molar-refractivity contribution in [1.82, 2.24) is 14.9 Å². The molecule has 1 aromatic heterocycles. The van der Waals surface area contributed by atoms with E-state index >= 15 is 0 Å². The number of H-pyrrole nitrogens is 1. The molecule has 144 valence electrons. The number of nitrogens with zero attached hydrogens (tertiary/aromatic N) is 3. The predicted molar refractivity (Wildman–Crippen MR) is 111 cm³/mol. The zero-order valence-corrected chi connectivity index (χ0v) is 16.4. The smallest absolute Gasteiger partial charge is 0.216 e. The van der Waals surface area contributed by atoms with E-state index in [1.165, 1.54) is 10.9 Å². The van der Waals surface area contributed by atoms with Crippen molar-refractivity contribution in [2.24, 2.45) is 5.10 Å². The number of nitrogens with one attached hydrogen (secondary N) is 1. The number of benzene rings is 2. The fourth-order valence-corrected chi connectivity index (χ4v) is 2.90. The lowest BCUT2D eigenvalue weighted by atomic mass is 10.1. The zero-order chi connectivity index (χ0) is 20.1. The summed E-state index contributed by atoms with van der Waals surface area (Å²) in [6.07, 6.45) is 3.84. The molecule has 28 heavy (non-hydrogen) atoms. The maximum absolute atomic E-state index is 10.4. The van der Waals surface area contributed by atoms with Gasteiger partial charge in [0.1, 0.15) is 5.75 Å². The Hall–Kier alpha value is -3.39. The predicted octanol–water partition coefficient (Wildman–Crippen LogP) is 3.94. The minimum absolute atomic E-state index is 0.161. The highest BCUT2D eigenvalue weighted by atomic mass is 32.1. The molecule has 0 saturated carbocycles. The SMILES string of the molecule is C=CCc1cccc(/C=N/n2c(-c3ccc(OC)c(OC)c3)n[nH]c2=S)c1O. The van der Waals surface area contributed by atoms with Crippen LogP contribution in [0.15, 0.2) is 54.2 Å². The number of para-hydroxylation sites is 1. The molecule has 7 nitrogen and oxygen atoms in total. The molecule has 0 saturated heterocycles. The molecule has 2 N–H and O–H groups in total. The Labute approximate surface area is 167 Å². The first-order valence-electron chi connectivity index (χ1n) is 8.45. The van der Waals surface area contributed by atoms with Gasteiger partial charge >= 0.3 is 0 Å². The minimum atomic E-state index is 0.161. The largest absolute Gasteiger partial charge is 0.507 e. The Morgan fingerprint density at radius 2 is 2.04 bits per heavy atom. The van der Waals surface area contributed by atoms with E-state index < -0.39 is 0 Å². The van der Waals surface area contributed by atoms with Gasteiger partial charge in [0.2, 0.25) is 4.77 Å². The summed E-state index contributed by atoms with van der Waals surface area (Å²) in [4.78, 5) is 0. The highest BCUT2D eigenvalue weighted by Crippen LogP contribution is 2.31. The summed E-state index contributed by atoms with van der Waals surface area (Å²) in [6.45, 7) is 3.70. The average Bonchev–Trinajstić information content (AvgIpc) is 3.08. The van der Waals surface area contributed by atoms with Gasteiger partial charge in [-0.2, -0.15) is 14.9 Å². The number of rotatable bonds is 7. The molecule has 0 spiro atoms. The lowest BCUT2D eigenvalue weighted by molar-refractivity contribution is 0.355. The van der Waals surface area contributed by atoms with Crippen LogP contribution in [0.1, 0.15) is 11.1 Å². The minimum Gasteiger partial charge on any atom is -0.507 e. The van der Waals surface area contributed by atoms with E-state index in [0.29, 0.717) is 34.1 Å². The summed E-state index contributed by atoms with van der Waals surface area (Å²) >= 11 is 5.30. The van der Waals surface area contributed by atoms with Gasteiger partial charge in [-0.1, -0.05) is 18.2 Å². The first-order valence-corrected chi connectivity index (χ1v) is 8.85. The summed E-state index contributed by atoms with van der Waals surface area (Å²) in [5.74, 6) is 1.84. The highest BCUT2D eigenvalue weighted by molar-refractivity contribution is 7.71. The number of ether oxygens (including phenoxy) is 2. The van der Waals surface area contributed by atoms with E-state index in [-0.39, 0.29) is 5.75 Å². The number of aromatic hydroxyl groups is 1. The molecule has 2 aromatic carbocycles. The Morgan fingerprint density at radius 3 is 2.75 bits per heavy atom. The van der Waals surface area contributed by atoms with Crippen molar-refractivity contribution >= 4 is 18.4 Å². The summed E-state index contributed by atoms with van der Waals surface area (Å²) < 4.78 is 12.4. The van der Waals surface area contributed by atoms with Gasteiger partial charge in [0.25, 0.3) is 0 Å². The van der Waals surface area contributed by atoms with Crippen LogP contribution in [0.25, 0.3) is 11.4 Å². The first-order chi connectivity index (χ1) is 13.6. The van der Waals surface area contributed by atoms with Crippen LogP contribution in [0.3, 0.4) is 0 Å². The van der Waals surface area contributed by atoms with Crippen molar-refractivity contribution in [1.29, 1.82) is 0 Å². The Balaban J connectivity index is 2.01. The fourth-order valence-electron chi connectivity index (χ4n) is 2.72. The summed E-state index contributed by atoms with van der Waals surface area (Å²) in [5.41, 5.74) is 2.09. The second-order valence-electron chi connectivity index (χ2n) is 5.83. The molecule has 0 amide bonds. The van der Waals surface area contributed by atoms with Gasteiger partial charge in [-0.3, -0.25) is 0 Å². The summed E-state index contributed by atoms with van der Waals surface area (Å²) in [5, 5.41) is 21.8. The van der Waals surface area contributed by atoms with Gasteiger partial charge in [0.15, 0.2) is 17.3 Å². The topological polar surface area (TPSA) is 84.7 Å². The summed E-state index contributed by atoms with van der Waals surface area (Å²) in [6, 6.07) is 10.9. The molecule has 0 unspecified atom stereocenters. The van der Waals surface area contributed by atoms with E-state index in [4.69, 9.17) is 21.7 Å². The molecule has 0 bridgehead atoms. The fraction of sp³-hybridized carbons (Fsp3) is 0.150. The molecule has 3 aromatic rings. The molecule has 0 atom stereocenters. The Kier molecular flexibility index (Phi) is 5.90. The maximum Gasteiger partial charge on any atom is 0.216 e. The van der Waals surface area contributed by atoms with Crippen LogP contribution in [-0.4, -0.2) is 40.4 Å². The Bertz CT molecular complexity index is 1090. The number of phenolic OH excluding ortho intramolecular Hbond substituents is 1. The van der Waals surface area contributed by atoms with E-state index in [1.54, 1.807) is 38.5 Å². The number of aromatic amines is 1. The second kappa shape index (κ2) is 8.53.